The zero-order valence-electron chi connectivity index (χ0n) is 16.0. The number of rotatable bonds is 6. The Morgan fingerprint density at radius 1 is 1.29 bits per heavy atom. The first-order valence-corrected chi connectivity index (χ1v) is 10.9. The van der Waals surface area contributed by atoms with Crippen LogP contribution in [-0.4, -0.2) is 48.7 Å². The van der Waals surface area contributed by atoms with Gasteiger partial charge in [0.25, 0.3) is 5.91 Å². The lowest BCUT2D eigenvalue weighted by atomic mass is 9.97. The van der Waals surface area contributed by atoms with Crippen LogP contribution in [0, 0.1) is 0 Å². The van der Waals surface area contributed by atoms with E-state index in [-0.39, 0.29) is 5.91 Å². The third kappa shape index (κ3) is 4.77. The molecule has 3 heterocycles. The second kappa shape index (κ2) is 9.30. The average molecular weight is 399 g/mol. The number of aromatic nitrogens is 2. The van der Waals surface area contributed by atoms with E-state index >= 15 is 0 Å². The fraction of sp³-hybridized carbons (Fsp3) is 0.476. The first-order chi connectivity index (χ1) is 13.8. The van der Waals surface area contributed by atoms with Crippen molar-refractivity contribution in [1.82, 2.24) is 15.3 Å². The molecule has 1 N–H and O–H groups in total. The minimum absolute atomic E-state index is 0.0960. The van der Waals surface area contributed by atoms with Crippen molar-refractivity contribution in [2.24, 2.45) is 0 Å². The lowest BCUT2D eigenvalue weighted by molar-refractivity contribution is 0.0950. The van der Waals surface area contributed by atoms with E-state index in [0.29, 0.717) is 12.2 Å². The number of thiazole rings is 1. The van der Waals surface area contributed by atoms with Crippen molar-refractivity contribution in [2.75, 3.05) is 37.7 Å². The summed E-state index contributed by atoms with van der Waals surface area (Å²) in [5.41, 5.74) is 2.95. The van der Waals surface area contributed by atoms with Crippen molar-refractivity contribution in [3.05, 3.63) is 41.1 Å². The molecule has 1 aliphatic heterocycles. The lowest BCUT2D eigenvalue weighted by Gasteiger charge is -2.27. The van der Waals surface area contributed by atoms with Gasteiger partial charge in [-0.05, 0) is 44.2 Å². The van der Waals surface area contributed by atoms with Crippen molar-refractivity contribution in [2.45, 2.75) is 32.1 Å². The fourth-order valence-corrected chi connectivity index (χ4v) is 4.38. The second-order valence-corrected chi connectivity index (χ2v) is 8.01. The SMILES string of the molecule is O=C(NCCC1=CCCCC1)c1csc(-c2ccnc(N3CCOCC3)c2)n1. The van der Waals surface area contributed by atoms with Gasteiger partial charge in [-0.25, -0.2) is 9.97 Å². The molecule has 28 heavy (non-hydrogen) atoms. The molecule has 2 aliphatic rings. The Kier molecular flexibility index (Phi) is 6.34. The van der Waals surface area contributed by atoms with E-state index < -0.39 is 0 Å². The van der Waals surface area contributed by atoms with Gasteiger partial charge in [0.1, 0.15) is 16.5 Å². The van der Waals surface area contributed by atoms with Crippen LogP contribution in [0.3, 0.4) is 0 Å². The number of amides is 1. The highest BCUT2D eigenvalue weighted by Gasteiger charge is 2.15. The summed E-state index contributed by atoms with van der Waals surface area (Å²) in [4.78, 5) is 23.7. The van der Waals surface area contributed by atoms with Crippen LogP contribution in [0.25, 0.3) is 10.6 Å². The molecular weight excluding hydrogens is 372 g/mol. The van der Waals surface area contributed by atoms with E-state index in [0.717, 1.165) is 49.1 Å². The van der Waals surface area contributed by atoms with E-state index in [2.05, 4.69) is 26.3 Å². The highest BCUT2D eigenvalue weighted by atomic mass is 32.1. The summed E-state index contributed by atoms with van der Waals surface area (Å²) in [6.07, 6.45) is 9.98. The highest BCUT2D eigenvalue weighted by molar-refractivity contribution is 7.13. The third-order valence-corrected chi connectivity index (χ3v) is 6.07. The number of morpholine rings is 1. The number of pyridine rings is 1. The zero-order valence-corrected chi connectivity index (χ0v) is 16.8. The lowest BCUT2D eigenvalue weighted by Crippen LogP contribution is -2.36. The van der Waals surface area contributed by atoms with E-state index in [1.54, 1.807) is 6.20 Å². The molecule has 0 bridgehead atoms. The van der Waals surface area contributed by atoms with Crippen molar-refractivity contribution < 1.29 is 9.53 Å². The number of hydrogen-bond donors (Lipinski definition) is 1. The van der Waals surface area contributed by atoms with Crippen LogP contribution in [0.1, 0.15) is 42.6 Å². The molecule has 2 aromatic heterocycles. The number of hydrogen-bond acceptors (Lipinski definition) is 6. The molecular formula is C21H26N4O2S. The molecule has 148 valence electrons. The number of nitrogens with zero attached hydrogens (tertiary/aromatic N) is 3. The van der Waals surface area contributed by atoms with Gasteiger partial charge in [0.2, 0.25) is 0 Å². The Labute approximate surface area is 169 Å². The monoisotopic (exact) mass is 398 g/mol. The maximum absolute atomic E-state index is 12.4. The molecule has 0 aromatic carbocycles. The molecule has 0 unspecified atom stereocenters. The van der Waals surface area contributed by atoms with Crippen LogP contribution >= 0.6 is 11.3 Å². The first kappa shape index (κ1) is 19.1. The van der Waals surface area contributed by atoms with Gasteiger partial charge in [-0.1, -0.05) is 11.6 Å². The number of carbonyl (C=O) groups is 1. The maximum atomic E-state index is 12.4. The first-order valence-electron chi connectivity index (χ1n) is 10.0. The number of ether oxygens (including phenoxy) is 1. The second-order valence-electron chi connectivity index (χ2n) is 7.15. The zero-order chi connectivity index (χ0) is 19.2. The molecule has 0 saturated carbocycles. The van der Waals surface area contributed by atoms with Crippen LogP contribution in [0.4, 0.5) is 5.82 Å². The Bertz CT molecular complexity index is 842. The predicted octanol–water partition coefficient (Wildman–Crippen LogP) is 3.66. The Hall–Kier alpha value is -2.25. The van der Waals surface area contributed by atoms with Gasteiger partial charge < -0.3 is 15.0 Å². The van der Waals surface area contributed by atoms with Crippen LogP contribution in [0.15, 0.2) is 35.4 Å². The molecule has 1 aliphatic carbocycles. The molecule has 1 saturated heterocycles. The largest absolute Gasteiger partial charge is 0.378 e. The van der Waals surface area contributed by atoms with E-state index in [1.165, 1.54) is 42.6 Å². The Balaban J connectivity index is 1.37. The molecule has 4 rings (SSSR count). The summed E-state index contributed by atoms with van der Waals surface area (Å²) in [5.74, 6) is 0.837. The van der Waals surface area contributed by atoms with Gasteiger partial charge in [0, 0.05) is 36.8 Å². The standard InChI is InChI=1S/C21H26N4O2S/c26-20(23-8-6-16-4-2-1-3-5-16)18-15-28-21(24-18)17-7-9-22-19(14-17)25-10-12-27-13-11-25/h4,7,9,14-15H,1-3,5-6,8,10-13H2,(H,23,26). The Morgan fingerprint density at radius 2 is 2.18 bits per heavy atom. The van der Waals surface area contributed by atoms with Crippen molar-refractivity contribution in [3.63, 3.8) is 0 Å². The van der Waals surface area contributed by atoms with Gasteiger partial charge in [0.05, 0.1) is 13.2 Å². The predicted molar refractivity (Wildman–Crippen MR) is 112 cm³/mol. The summed E-state index contributed by atoms with van der Waals surface area (Å²) in [6, 6.07) is 3.99. The molecule has 2 aromatic rings. The molecule has 7 heteroatoms. The number of nitrogens with one attached hydrogen (secondary N) is 1. The molecule has 1 fully saturated rings. The van der Waals surface area contributed by atoms with Crippen LogP contribution in [0.5, 0.6) is 0 Å². The van der Waals surface area contributed by atoms with Crippen molar-refractivity contribution in [3.8, 4) is 10.6 Å². The third-order valence-electron chi connectivity index (χ3n) is 5.18. The minimum Gasteiger partial charge on any atom is -0.378 e. The van der Waals surface area contributed by atoms with Crippen LogP contribution < -0.4 is 10.2 Å². The van der Waals surface area contributed by atoms with Gasteiger partial charge in [0.15, 0.2) is 0 Å². The van der Waals surface area contributed by atoms with Gasteiger partial charge in [-0.2, -0.15) is 0 Å². The summed E-state index contributed by atoms with van der Waals surface area (Å²) in [7, 11) is 0. The molecule has 0 radical (unpaired) electrons. The van der Waals surface area contributed by atoms with E-state index in [1.807, 2.05) is 17.5 Å². The van der Waals surface area contributed by atoms with Crippen LogP contribution in [0.2, 0.25) is 0 Å². The normalized spacial score (nSPS) is 17.3. The number of anilines is 1. The van der Waals surface area contributed by atoms with Crippen molar-refractivity contribution in [1.29, 1.82) is 0 Å². The van der Waals surface area contributed by atoms with Crippen LogP contribution in [-0.2, 0) is 4.74 Å². The van der Waals surface area contributed by atoms with E-state index in [9.17, 15) is 4.79 Å². The maximum Gasteiger partial charge on any atom is 0.270 e. The molecule has 0 atom stereocenters. The summed E-state index contributed by atoms with van der Waals surface area (Å²) in [6.45, 7) is 3.82. The van der Waals surface area contributed by atoms with Gasteiger partial charge in [-0.15, -0.1) is 11.3 Å². The van der Waals surface area contributed by atoms with Gasteiger partial charge in [-0.3, -0.25) is 4.79 Å². The highest BCUT2D eigenvalue weighted by Crippen LogP contribution is 2.26. The summed E-state index contributed by atoms with van der Waals surface area (Å²) in [5, 5.41) is 5.68. The Morgan fingerprint density at radius 3 is 3.00 bits per heavy atom. The van der Waals surface area contributed by atoms with Crippen molar-refractivity contribution >= 4 is 23.1 Å². The smallest absolute Gasteiger partial charge is 0.270 e. The molecule has 1 amide bonds. The number of allylic oxidation sites excluding steroid dienone is 1. The molecule has 0 spiro atoms. The quantitative estimate of drug-likeness (QED) is 0.752. The molecule has 6 nitrogen and oxygen atoms in total. The minimum atomic E-state index is -0.0960. The van der Waals surface area contributed by atoms with E-state index in [4.69, 9.17) is 4.74 Å². The average Bonchev–Trinajstić information content (AvgIpc) is 3.26. The fourth-order valence-electron chi connectivity index (χ4n) is 3.59. The summed E-state index contributed by atoms with van der Waals surface area (Å²) >= 11 is 1.49. The van der Waals surface area contributed by atoms with Gasteiger partial charge >= 0.3 is 0 Å². The number of carbonyl (C=O) groups excluding carboxylic acids is 1. The topological polar surface area (TPSA) is 67.4 Å². The summed E-state index contributed by atoms with van der Waals surface area (Å²) < 4.78 is 5.41.